The first kappa shape index (κ1) is 13.1. The maximum Gasteiger partial charge on any atom is 0.303 e. The Hall–Kier alpha value is -1.34. The monoisotopic (exact) mass is 270 g/mol. The van der Waals surface area contributed by atoms with Gasteiger partial charge in [-0.15, -0.1) is 0 Å². The van der Waals surface area contributed by atoms with E-state index in [9.17, 15) is 14.3 Å². The summed E-state index contributed by atoms with van der Waals surface area (Å²) >= 11 is 0. The largest absolute Gasteiger partial charge is 0.377 e. The van der Waals surface area contributed by atoms with Gasteiger partial charge in [0.1, 0.15) is 0 Å². The molecular formula is C11H14N2O4S. The van der Waals surface area contributed by atoms with Gasteiger partial charge >= 0.3 is 5.69 Å². The van der Waals surface area contributed by atoms with Crippen molar-refractivity contribution >= 4 is 16.5 Å². The Balaban J connectivity index is 2.40. The minimum absolute atomic E-state index is 0.0577. The highest BCUT2D eigenvalue weighted by Crippen LogP contribution is 2.28. The molecule has 0 aliphatic carbocycles. The molecule has 3 atom stereocenters. The Labute approximate surface area is 107 Å². The van der Waals surface area contributed by atoms with Gasteiger partial charge in [0.05, 0.1) is 27.1 Å². The fourth-order valence-electron chi connectivity index (χ4n) is 1.95. The summed E-state index contributed by atoms with van der Waals surface area (Å²) in [6, 6.07) is 2.91. The third kappa shape index (κ3) is 2.41. The van der Waals surface area contributed by atoms with Crippen molar-refractivity contribution in [3.05, 3.63) is 27.9 Å². The first-order valence-electron chi connectivity index (χ1n) is 5.65. The highest BCUT2D eigenvalue weighted by molar-refractivity contribution is 7.85. The zero-order valence-electron chi connectivity index (χ0n) is 10.2. The molecule has 98 valence electrons. The number of aryl methyl sites for hydroxylation is 1. The molecule has 0 aromatic carbocycles. The van der Waals surface area contributed by atoms with Crippen molar-refractivity contribution in [2.24, 2.45) is 0 Å². The van der Waals surface area contributed by atoms with Gasteiger partial charge in [-0.05, 0) is 26.3 Å². The second-order valence-electron chi connectivity index (χ2n) is 4.23. The molecule has 0 spiro atoms. The number of ether oxygens (including phenoxy) is 1. The molecule has 2 rings (SSSR count). The van der Waals surface area contributed by atoms with Gasteiger partial charge in [0.25, 0.3) is 0 Å². The highest BCUT2D eigenvalue weighted by Gasteiger charge is 2.34. The molecule has 1 aromatic rings. The molecule has 1 aliphatic rings. The molecule has 0 bridgehead atoms. The van der Waals surface area contributed by atoms with E-state index in [4.69, 9.17) is 4.74 Å². The minimum atomic E-state index is -1.51. The quantitative estimate of drug-likeness (QED) is 0.615. The van der Waals surface area contributed by atoms with Crippen LogP contribution in [-0.2, 0) is 15.5 Å². The lowest BCUT2D eigenvalue weighted by molar-refractivity contribution is -0.388. The van der Waals surface area contributed by atoms with Crippen LogP contribution >= 0.6 is 0 Å². The average molecular weight is 270 g/mol. The van der Waals surface area contributed by atoms with Crippen LogP contribution in [0.1, 0.15) is 19.0 Å². The number of nitro groups is 1. The summed E-state index contributed by atoms with van der Waals surface area (Å²) < 4.78 is 17.7. The Kier molecular flexibility index (Phi) is 3.72. The van der Waals surface area contributed by atoms with Crippen molar-refractivity contribution < 1.29 is 13.9 Å². The molecule has 1 aromatic heterocycles. The zero-order chi connectivity index (χ0) is 13.3. The molecule has 3 unspecified atom stereocenters. The predicted octanol–water partition coefficient (Wildman–Crippen LogP) is 1.58. The van der Waals surface area contributed by atoms with Crippen LogP contribution in [0.2, 0.25) is 0 Å². The van der Waals surface area contributed by atoms with E-state index in [1.807, 2.05) is 6.92 Å². The number of pyridine rings is 1. The van der Waals surface area contributed by atoms with Crippen LogP contribution < -0.4 is 0 Å². The minimum Gasteiger partial charge on any atom is -0.377 e. The van der Waals surface area contributed by atoms with Crippen LogP contribution in [0.3, 0.4) is 0 Å². The zero-order valence-corrected chi connectivity index (χ0v) is 11.0. The van der Waals surface area contributed by atoms with E-state index in [0.29, 0.717) is 18.7 Å². The molecule has 2 heterocycles. The highest BCUT2D eigenvalue weighted by atomic mass is 32.2. The normalized spacial score (nSPS) is 25.0. The van der Waals surface area contributed by atoms with E-state index < -0.39 is 15.7 Å². The van der Waals surface area contributed by atoms with Crippen LogP contribution in [0.5, 0.6) is 0 Å². The van der Waals surface area contributed by atoms with Crippen LogP contribution in [0.15, 0.2) is 17.2 Å². The van der Waals surface area contributed by atoms with Crippen LogP contribution in [0.25, 0.3) is 0 Å². The van der Waals surface area contributed by atoms with E-state index in [0.717, 1.165) is 0 Å². The lowest BCUT2D eigenvalue weighted by Crippen LogP contribution is -2.24. The molecule has 0 radical (unpaired) electrons. The van der Waals surface area contributed by atoms with Crippen LogP contribution in [0, 0.1) is 17.0 Å². The SMILES string of the molecule is Cc1ccc([N+](=O)[O-])c(S(=O)C2CCOC2C)n1. The molecular weight excluding hydrogens is 256 g/mol. The van der Waals surface area contributed by atoms with E-state index in [1.54, 1.807) is 13.0 Å². The van der Waals surface area contributed by atoms with Gasteiger partial charge in [0.15, 0.2) is 0 Å². The Morgan fingerprint density at radius 2 is 2.28 bits per heavy atom. The maximum atomic E-state index is 12.4. The van der Waals surface area contributed by atoms with Crippen molar-refractivity contribution in [2.45, 2.75) is 36.6 Å². The molecule has 0 amide bonds. The molecule has 6 nitrogen and oxygen atoms in total. The smallest absolute Gasteiger partial charge is 0.303 e. The predicted molar refractivity (Wildman–Crippen MR) is 65.9 cm³/mol. The molecule has 1 saturated heterocycles. The van der Waals surface area contributed by atoms with E-state index in [-0.39, 0.29) is 22.1 Å². The number of nitrogens with zero attached hydrogens (tertiary/aromatic N) is 2. The van der Waals surface area contributed by atoms with Gasteiger partial charge < -0.3 is 4.74 Å². The molecule has 18 heavy (non-hydrogen) atoms. The number of rotatable bonds is 3. The Morgan fingerprint density at radius 3 is 2.83 bits per heavy atom. The van der Waals surface area contributed by atoms with Gasteiger partial charge in [-0.25, -0.2) is 4.98 Å². The second-order valence-corrected chi connectivity index (χ2v) is 5.82. The fourth-order valence-corrected chi connectivity index (χ4v) is 3.56. The van der Waals surface area contributed by atoms with Crippen molar-refractivity contribution in [1.29, 1.82) is 0 Å². The van der Waals surface area contributed by atoms with Crippen LogP contribution in [0.4, 0.5) is 5.69 Å². The molecule has 1 aliphatic heterocycles. The van der Waals surface area contributed by atoms with E-state index in [2.05, 4.69) is 4.98 Å². The number of hydrogen-bond acceptors (Lipinski definition) is 5. The summed E-state index contributed by atoms with van der Waals surface area (Å²) in [5, 5.41) is 10.8. The van der Waals surface area contributed by atoms with Crippen molar-refractivity contribution in [3.63, 3.8) is 0 Å². The standard InChI is InChI=1S/C11H14N2O4S/c1-7-3-4-9(13(14)15)11(12-7)18(16)10-5-6-17-8(10)2/h3-4,8,10H,5-6H2,1-2H3. The summed E-state index contributed by atoms with van der Waals surface area (Å²) in [7, 11) is -1.51. The van der Waals surface area contributed by atoms with E-state index >= 15 is 0 Å². The first-order chi connectivity index (χ1) is 8.50. The van der Waals surface area contributed by atoms with Gasteiger partial charge in [-0.3, -0.25) is 14.3 Å². The van der Waals surface area contributed by atoms with Crippen molar-refractivity contribution in [1.82, 2.24) is 4.98 Å². The van der Waals surface area contributed by atoms with E-state index in [1.165, 1.54) is 6.07 Å². The molecule has 0 N–H and O–H groups in total. The van der Waals surface area contributed by atoms with Gasteiger partial charge in [0, 0.05) is 18.4 Å². The average Bonchev–Trinajstić information content (AvgIpc) is 2.74. The van der Waals surface area contributed by atoms with Gasteiger partial charge in [-0.1, -0.05) is 0 Å². The lowest BCUT2D eigenvalue weighted by Gasteiger charge is -2.13. The summed E-state index contributed by atoms with van der Waals surface area (Å²) in [4.78, 5) is 14.5. The topological polar surface area (TPSA) is 82.3 Å². The van der Waals surface area contributed by atoms with Gasteiger partial charge in [0.2, 0.25) is 5.03 Å². The summed E-state index contributed by atoms with van der Waals surface area (Å²) in [6.45, 7) is 4.09. The molecule has 0 saturated carbocycles. The second kappa shape index (κ2) is 5.11. The summed E-state index contributed by atoms with van der Waals surface area (Å²) in [6.07, 6.45) is 0.480. The third-order valence-electron chi connectivity index (χ3n) is 2.95. The molecule has 1 fully saturated rings. The number of hydrogen-bond donors (Lipinski definition) is 0. The maximum absolute atomic E-state index is 12.4. The Bertz CT molecular complexity index is 506. The van der Waals surface area contributed by atoms with Gasteiger partial charge in [-0.2, -0.15) is 0 Å². The Morgan fingerprint density at radius 1 is 1.56 bits per heavy atom. The van der Waals surface area contributed by atoms with Crippen molar-refractivity contribution in [2.75, 3.05) is 6.61 Å². The summed E-state index contributed by atoms with van der Waals surface area (Å²) in [5.41, 5.74) is 0.438. The third-order valence-corrected chi connectivity index (χ3v) is 4.80. The summed E-state index contributed by atoms with van der Waals surface area (Å²) in [5.74, 6) is 0. The lowest BCUT2D eigenvalue weighted by atomic mass is 10.3. The fraction of sp³-hybridized carbons (Fsp3) is 0.545. The number of aromatic nitrogens is 1. The first-order valence-corrected chi connectivity index (χ1v) is 6.86. The van der Waals surface area contributed by atoms with Crippen molar-refractivity contribution in [3.8, 4) is 0 Å². The molecule has 7 heteroatoms. The van der Waals surface area contributed by atoms with Crippen LogP contribution in [-0.4, -0.2) is 32.1 Å².